The van der Waals surface area contributed by atoms with Crippen LogP contribution in [0.3, 0.4) is 0 Å². The summed E-state index contributed by atoms with van der Waals surface area (Å²) in [4.78, 5) is 4.51. The van der Waals surface area contributed by atoms with Gasteiger partial charge in [0.25, 0.3) is 0 Å². The SMILES string of the molecule is C=C(/C=C(C)/N=C(/C)C=C(C)C)C(C)CC. The largest absolute Gasteiger partial charge is 0.258 e. The van der Waals surface area contributed by atoms with E-state index in [1.54, 1.807) is 0 Å². The maximum Gasteiger partial charge on any atom is 0.0378 e. The summed E-state index contributed by atoms with van der Waals surface area (Å²) in [5.74, 6) is 0.536. The topological polar surface area (TPSA) is 12.4 Å². The van der Waals surface area contributed by atoms with Crippen molar-refractivity contribution in [3.05, 3.63) is 35.6 Å². The van der Waals surface area contributed by atoms with E-state index < -0.39 is 0 Å². The lowest BCUT2D eigenvalue weighted by atomic mass is 9.99. The smallest absolute Gasteiger partial charge is 0.0378 e. The van der Waals surface area contributed by atoms with Gasteiger partial charge < -0.3 is 0 Å². The van der Waals surface area contributed by atoms with E-state index in [-0.39, 0.29) is 0 Å². The number of nitrogens with zero attached hydrogens (tertiary/aromatic N) is 1. The lowest BCUT2D eigenvalue weighted by molar-refractivity contribution is 0.671. The van der Waals surface area contributed by atoms with E-state index in [2.05, 4.69) is 51.4 Å². The molecule has 0 saturated heterocycles. The molecular weight excluding hydrogens is 194 g/mol. The van der Waals surface area contributed by atoms with Gasteiger partial charge in [0.05, 0.1) is 0 Å². The van der Waals surface area contributed by atoms with Crippen LogP contribution in [0.4, 0.5) is 0 Å². The maximum absolute atomic E-state index is 4.51. The third kappa shape index (κ3) is 6.39. The summed E-state index contributed by atoms with van der Waals surface area (Å²) < 4.78 is 0. The van der Waals surface area contributed by atoms with Gasteiger partial charge in [-0.15, -0.1) is 0 Å². The Hall–Kier alpha value is -1.11. The molecule has 0 amide bonds. The zero-order valence-corrected chi connectivity index (χ0v) is 11.6. The fraction of sp³-hybridized carbons (Fsp3) is 0.533. The number of hydrogen-bond acceptors (Lipinski definition) is 1. The fourth-order valence-corrected chi connectivity index (χ4v) is 1.43. The molecule has 1 nitrogen and oxygen atoms in total. The Labute approximate surface area is 101 Å². The number of rotatable bonds is 5. The second-order valence-corrected chi connectivity index (χ2v) is 4.64. The lowest BCUT2D eigenvalue weighted by Gasteiger charge is -2.08. The molecule has 0 spiro atoms. The summed E-state index contributed by atoms with van der Waals surface area (Å²) in [5, 5.41) is 0. The van der Waals surface area contributed by atoms with Gasteiger partial charge in [0, 0.05) is 11.4 Å². The highest BCUT2D eigenvalue weighted by molar-refractivity contribution is 5.93. The summed E-state index contributed by atoms with van der Waals surface area (Å²) >= 11 is 0. The van der Waals surface area contributed by atoms with Crippen molar-refractivity contribution < 1.29 is 0 Å². The minimum absolute atomic E-state index is 0.536. The molecule has 1 atom stereocenters. The predicted octanol–water partition coefficient (Wildman–Crippen LogP) is 4.92. The lowest BCUT2D eigenvalue weighted by Crippen LogP contribution is -1.94. The van der Waals surface area contributed by atoms with E-state index in [0.717, 1.165) is 23.4 Å². The van der Waals surface area contributed by atoms with E-state index in [1.165, 1.54) is 5.57 Å². The van der Waals surface area contributed by atoms with E-state index in [1.807, 2.05) is 13.8 Å². The first kappa shape index (κ1) is 14.9. The van der Waals surface area contributed by atoms with Crippen LogP contribution in [0.25, 0.3) is 0 Å². The van der Waals surface area contributed by atoms with Crippen LogP contribution in [0, 0.1) is 5.92 Å². The van der Waals surface area contributed by atoms with Gasteiger partial charge in [-0.1, -0.05) is 31.6 Å². The second kappa shape index (κ2) is 7.21. The van der Waals surface area contributed by atoms with Crippen LogP contribution < -0.4 is 0 Å². The maximum atomic E-state index is 4.51. The average molecular weight is 219 g/mol. The molecule has 0 saturated carbocycles. The Kier molecular flexibility index (Phi) is 6.71. The zero-order valence-electron chi connectivity index (χ0n) is 11.6. The molecule has 0 heterocycles. The Morgan fingerprint density at radius 2 is 1.75 bits per heavy atom. The standard InChI is InChI=1S/C15H25N/c1-8-12(4)13(5)10-15(7)16-14(6)9-11(2)3/h9-10,12H,5,8H2,1-4,6-7H3/b15-10+,16-14-. The fourth-order valence-electron chi connectivity index (χ4n) is 1.43. The first-order valence-corrected chi connectivity index (χ1v) is 5.94. The minimum atomic E-state index is 0.536. The normalized spacial score (nSPS) is 14.6. The molecule has 0 radical (unpaired) electrons. The number of allylic oxidation sites excluding steroid dienone is 5. The van der Waals surface area contributed by atoms with Gasteiger partial charge in [-0.25, -0.2) is 0 Å². The molecule has 1 unspecified atom stereocenters. The molecule has 0 aliphatic carbocycles. The summed E-state index contributed by atoms with van der Waals surface area (Å²) in [6.45, 7) is 16.7. The van der Waals surface area contributed by atoms with Gasteiger partial charge in [-0.2, -0.15) is 0 Å². The summed E-state index contributed by atoms with van der Waals surface area (Å²) in [5.41, 5.74) is 4.51. The van der Waals surface area contributed by atoms with Crippen molar-refractivity contribution in [1.82, 2.24) is 0 Å². The Morgan fingerprint density at radius 1 is 1.19 bits per heavy atom. The highest BCUT2D eigenvalue weighted by Gasteiger charge is 2.01. The number of aliphatic imine (C=N–C) groups is 1. The molecule has 0 rings (SSSR count). The van der Waals surface area contributed by atoms with Gasteiger partial charge >= 0.3 is 0 Å². The zero-order chi connectivity index (χ0) is 12.7. The van der Waals surface area contributed by atoms with Crippen LogP contribution in [0.2, 0.25) is 0 Å². The molecule has 0 aromatic carbocycles. The van der Waals surface area contributed by atoms with Gasteiger partial charge in [0.1, 0.15) is 0 Å². The monoisotopic (exact) mass is 219 g/mol. The molecule has 0 aromatic rings. The van der Waals surface area contributed by atoms with Crippen LogP contribution in [0.1, 0.15) is 48.0 Å². The molecule has 0 aliphatic rings. The Bertz CT molecular complexity index is 325. The average Bonchev–Trinajstić information content (AvgIpc) is 2.14. The van der Waals surface area contributed by atoms with Crippen LogP contribution in [0.5, 0.6) is 0 Å². The van der Waals surface area contributed by atoms with Gasteiger partial charge in [-0.05, 0) is 52.2 Å². The van der Waals surface area contributed by atoms with Crippen LogP contribution in [-0.2, 0) is 0 Å². The van der Waals surface area contributed by atoms with E-state index in [9.17, 15) is 0 Å². The summed E-state index contributed by atoms with van der Waals surface area (Å²) in [7, 11) is 0. The van der Waals surface area contributed by atoms with Crippen LogP contribution in [0.15, 0.2) is 40.6 Å². The second-order valence-electron chi connectivity index (χ2n) is 4.64. The molecule has 0 N–H and O–H groups in total. The minimum Gasteiger partial charge on any atom is -0.258 e. The van der Waals surface area contributed by atoms with Gasteiger partial charge in [0.15, 0.2) is 0 Å². The van der Waals surface area contributed by atoms with E-state index in [0.29, 0.717) is 5.92 Å². The predicted molar refractivity (Wildman–Crippen MR) is 74.9 cm³/mol. The van der Waals surface area contributed by atoms with Gasteiger partial charge in [0.2, 0.25) is 0 Å². The first-order valence-electron chi connectivity index (χ1n) is 5.94. The molecule has 16 heavy (non-hydrogen) atoms. The molecule has 0 aromatic heterocycles. The van der Waals surface area contributed by atoms with Crippen molar-refractivity contribution >= 4 is 5.71 Å². The molecule has 0 aliphatic heterocycles. The third-order valence-electron chi connectivity index (χ3n) is 2.49. The molecular formula is C15H25N. The Morgan fingerprint density at radius 3 is 2.19 bits per heavy atom. The van der Waals surface area contributed by atoms with Crippen molar-refractivity contribution in [2.75, 3.05) is 0 Å². The van der Waals surface area contributed by atoms with E-state index >= 15 is 0 Å². The van der Waals surface area contributed by atoms with Crippen LogP contribution >= 0.6 is 0 Å². The molecule has 0 bridgehead atoms. The summed E-state index contributed by atoms with van der Waals surface area (Å²) in [6.07, 6.45) is 5.29. The quantitative estimate of drug-likeness (QED) is 0.460. The molecule has 90 valence electrons. The van der Waals surface area contributed by atoms with E-state index in [4.69, 9.17) is 0 Å². The highest BCUT2D eigenvalue weighted by atomic mass is 14.7. The third-order valence-corrected chi connectivity index (χ3v) is 2.49. The van der Waals surface area contributed by atoms with Crippen molar-refractivity contribution in [2.24, 2.45) is 10.9 Å². The van der Waals surface area contributed by atoms with Gasteiger partial charge in [-0.3, -0.25) is 4.99 Å². The van der Waals surface area contributed by atoms with Crippen molar-refractivity contribution in [1.29, 1.82) is 0 Å². The van der Waals surface area contributed by atoms with Crippen molar-refractivity contribution in [3.63, 3.8) is 0 Å². The Balaban J connectivity index is 4.69. The first-order chi connectivity index (χ1) is 7.36. The van der Waals surface area contributed by atoms with Crippen molar-refractivity contribution in [2.45, 2.75) is 48.0 Å². The van der Waals surface area contributed by atoms with Crippen LogP contribution in [-0.4, -0.2) is 5.71 Å². The highest BCUT2D eigenvalue weighted by Crippen LogP contribution is 2.15. The molecule has 0 fully saturated rings. The number of hydrogen-bond donors (Lipinski definition) is 0. The van der Waals surface area contributed by atoms with Crippen molar-refractivity contribution in [3.8, 4) is 0 Å². The molecule has 1 heteroatoms. The summed E-state index contributed by atoms with van der Waals surface area (Å²) in [6, 6.07) is 0.